The lowest BCUT2D eigenvalue weighted by Gasteiger charge is -2.05. The fourth-order valence-corrected chi connectivity index (χ4v) is 1.04. The van der Waals surface area contributed by atoms with Crippen molar-refractivity contribution in [3.8, 4) is 11.9 Å². The van der Waals surface area contributed by atoms with Crippen molar-refractivity contribution >= 4 is 11.5 Å². The number of hydrogen-bond donors (Lipinski definition) is 2. The van der Waals surface area contributed by atoms with Gasteiger partial charge < -0.3 is 14.6 Å². The molecule has 1 heterocycles. The molecule has 0 aromatic carbocycles. The first-order chi connectivity index (χ1) is 8.95. The molecule has 0 atom stereocenters. The lowest BCUT2D eigenvalue weighted by molar-refractivity contribution is -0.447. The summed E-state index contributed by atoms with van der Waals surface area (Å²) < 4.78 is 9.57. The molecule has 104 valence electrons. The molecule has 0 amide bonds. The first-order valence-corrected chi connectivity index (χ1v) is 4.74. The van der Waals surface area contributed by atoms with E-state index in [1.165, 1.54) is 12.5 Å². The van der Waals surface area contributed by atoms with E-state index in [1.807, 2.05) is 0 Å². The maximum atomic E-state index is 10.6. The van der Waals surface area contributed by atoms with Gasteiger partial charge in [-0.25, -0.2) is 10.1 Å². The molecule has 0 aliphatic rings. The van der Waals surface area contributed by atoms with Gasteiger partial charge >= 0.3 is 17.6 Å². The van der Waals surface area contributed by atoms with Crippen molar-refractivity contribution in [3.63, 3.8) is 0 Å². The van der Waals surface area contributed by atoms with Gasteiger partial charge in [0.2, 0.25) is 0 Å². The smallest absolute Gasteiger partial charge is 0.378 e. The number of nitrogens with zero attached hydrogens (tertiary/aromatic N) is 4. The number of rotatable bonds is 7. The Labute approximate surface area is 105 Å². The zero-order chi connectivity index (χ0) is 14.4. The predicted octanol–water partition coefficient (Wildman–Crippen LogP) is -0.281. The zero-order valence-electron chi connectivity index (χ0n) is 9.60. The molecular weight excluding hydrogens is 266 g/mol. The van der Waals surface area contributed by atoms with Crippen LogP contribution < -0.4 is 10.2 Å². The van der Waals surface area contributed by atoms with Crippen LogP contribution in [0, 0.1) is 20.2 Å². The Hall–Kier alpha value is -2.76. The number of aromatic hydroxyl groups is 1. The lowest BCUT2D eigenvalue weighted by Crippen LogP contribution is -2.14. The van der Waals surface area contributed by atoms with Gasteiger partial charge in [0.15, 0.2) is 5.03 Å². The van der Waals surface area contributed by atoms with Crippen LogP contribution in [0.3, 0.4) is 0 Å². The number of ether oxygens (including phenoxy) is 2. The van der Waals surface area contributed by atoms with Gasteiger partial charge in [0.05, 0.1) is 11.5 Å². The molecule has 0 radical (unpaired) electrons. The molecular formula is C7H9N5O7. The minimum absolute atomic E-state index is 0.00561. The van der Waals surface area contributed by atoms with E-state index in [4.69, 9.17) is 4.74 Å². The normalized spacial score (nSPS) is 9.95. The van der Waals surface area contributed by atoms with E-state index in [-0.39, 0.29) is 13.2 Å². The molecule has 12 heteroatoms. The summed E-state index contributed by atoms with van der Waals surface area (Å²) in [6.07, 6.45) is 0. The highest BCUT2D eigenvalue weighted by Gasteiger charge is 2.28. The van der Waals surface area contributed by atoms with Crippen LogP contribution in [0.15, 0.2) is 0 Å². The molecule has 0 spiro atoms. The molecule has 12 nitrogen and oxygen atoms in total. The van der Waals surface area contributed by atoms with E-state index in [0.29, 0.717) is 0 Å². The van der Waals surface area contributed by atoms with Crippen LogP contribution in [-0.2, 0) is 4.74 Å². The Morgan fingerprint density at radius 3 is 2.53 bits per heavy atom. The Kier molecular flexibility index (Phi) is 4.70. The summed E-state index contributed by atoms with van der Waals surface area (Å²) in [5.41, 5.74) is 0.467. The van der Waals surface area contributed by atoms with E-state index in [1.54, 1.807) is 0 Å². The van der Waals surface area contributed by atoms with E-state index >= 15 is 0 Å². The maximum absolute atomic E-state index is 10.6. The number of hydrazine groups is 1. The van der Waals surface area contributed by atoms with Crippen molar-refractivity contribution in [1.82, 2.24) is 9.97 Å². The second-order valence-electron chi connectivity index (χ2n) is 2.99. The zero-order valence-corrected chi connectivity index (χ0v) is 9.60. The number of nitrogens with one attached hydrogen (secondary N) is 1. The molecule has 0 saturated heterocycles. The molecule has 0 aliphatic heterocycles. The minimum atomic E-state index is -1.06. The van der Waals surface area contributed by atoms with Gasteiger partial charge in [-0.05, 0) is 0 Å². The summed E-state index contributed by atoms with van der Waals surface area (Å²) in [7, 11) is 1.41. The Balaban J connectivity index is 3.07. The molecule has 0 saturated carbocycles. The predicted molar refractivity (Wildman–Crippen MR) is 58.3 cm³/mol. The highest BCUT2D eigenvalue weighted by atomic mass is 16.7. The quantitative estimate of drug-likeness (QED) is 0.384. The molecule has 0 fully saturated rings. The topological polar surface area (TPSA) is 163 Å². The molecule has 0 aliphatic carbocycles. The largest absolute Gasteiger partial charge is 0.488 e. The molecule has 0 bridgehead atoms. The monoisotopic (exact) mass is 275 g/mol. The first-order valence-electron chi connectivity index (χ1n) is 4.74. The lowest BCUT2D eigenvalue weighted by atomic mass is 10.4. The van der Waals surface area contributed by atoms with Gasteiger partial charge in [-0.3, -0.25) is 10.1 Å². The molecule has 1 rings (SSSR count). The molecule has 1 aromatic heterocycles. The van der Waals surface area contributed by atoms with E-state index < -0.39 is 33.4 Å². The Morgan fingerprint density at radius 1 is 1.32 bits per heavy atom. The van der Waals surface area contributed by atoms with Crippen molar-refractivity contribution in [1.29, 1.82) is 0 Å². The third-order valence-corrected chi connectivity index (χ3v) is 1.74. The summed E-state index contributed by atoms with van der Waals surface area (Å²) in [4.78, 5) is 26.6. The third kappa shape index (κ3) is 3.88. The van der Waals surface area contributed by atoms with Gasteiger partial charge in [-0.1, -0.05) is 5.43 Å². The van der Waals surface area contributed by atoms with Crippen LogP contribution >= 0.6 is 0 Å². The van der Waals surface area contributed by atoms with Gasteiger partial charge in [0, 0.05) is 7.11 Å². The van der Waals surface area contributed by atoms with Crippen LogP contribution in [-0.4, -0.2) is 45.4 Å². The maximum Gasteiger partial charge on any atom is 0.378 e. The summed E-state index contributed by atoms with van der Waals surface area (Å²) in [5, 5.41) is 29.2. The minimum Gasteiger partial charge on any atom is -0.488 e. The number of methoxy groups -OCH3 is 1. The van der Waals surface area contributed by atoms with Crippen molar-refractivity contribution < 1.29 is 24.5 Å². The highest BCUT2D eigenvalue weighted by molar-refractivity contribution is 5.60. The summed E-state index contributed by atoms with van der Waals surface area (Å²) in [6, 6.07) is -0.454. The number of hydrogen-bond acceptors (Lipinski definition) is 9. The van der Waals surface area contributed by atoms with Crippen molar-refractivity contribution in [2.24, 2.45) is 0 Å². The van der Waals surface area contributed by atoms with Crippen LogP contribution in [0.25, 0.3) is 0 Å². The van der Waals surface area contributed by atoms with E-state index in [0.717, 1.165) is 0 Å². The Morgan fingerprint density at radius 2 is 2.00 bits per heavy atom. The average molecular weight is 275 g/mol. The van der Waals surface area contributed by atoms with Crippen LogP contribution in [0.1, 0.15) is 0 Å². The van der Waals surface area contributed by atoms with Crippen molar-refractivity contribution in [2.45, 2.75) is 0 Å². The summed E-state index contributed by atoms with van der Waals surface area (Å²) in [5.74, 6) is -1.83. The average Bonchev–Trinajstić information content (AvgIpc) is 2.27. The van der Waals surface area contributed by atoms with Gasteiger partial charge in [-0.2, -0.15) is 9.97 Å². The second kappa shape index (κ2) is 6.25. The Bertz CT molecular complexity index is 493. The number of anilines is 1. The number of aromatic nitrogens is 2. The summed E-state index contributed by atoms with van der Waals surface area (Å²) >= 11 is 0. The molecule has 0 unspecified atom stereocenters. The first kappa shape index (κ1) is 14.3. The summed E-state index contributed by atoms with van der Waals surface area (Å²) in [6.45, 7) is 0.185. The van der Waals surface area contributed by atoms with Gasteiger partial charge in [0.1, 0.15) is 6.61 Å². The third-order valence-electron chi connectivity index (χ3n) is 1.74. The highest BCUT2D eigenvalue weighted by Crippen LogP contribution is 2.32. The van der Waals surface area contributed by atoms with Crippen LogP contribution in [0.5, 0.6) is 11.9 Å². The standard InChI is InChI=1S/C7H9N5O7/c1-18-2-3-19-7-8-5(10-12(16)17)4(11(14)15)6(13)9-7/h2-3H2,1H3,(H2,8,9,10,13). The molecule has 19 heavy (non-hydrogen) atoms. The van der Waals surface area contributed by atoms with Gasteiger partial charge in [0.25, 0.3) is 5.82 Å². The molecule has 1 aromatic rings. The van der Waals surface area contributed by atoms with Crippen molar-refractivity contribution in [2.75, 3.05) is 25.7 Å². The molecule has 2 N–H and O–H groups in total. The van der Waals surface area contributed by atoms with Crippen LogP contribution in [0.4, 0.5) is 11.5 Å². The fourth-order valence-electron chi connectivity index (χ4n) is 1.04. The SMILES string of the molecule is COCCOc1nc(O)c([N+](=O)[O-])c(N[N+](=O)[O-])n1. The fraction of sp³-hybridized carbons (Fsp3) is 0.429. The van der Waals surface area contributed by atoms with Crippen molar-refractivity contribution in [3.05, 3.63) is 20.2 Å². The van der Waals surface area contributed by atoms with Gasteiger partial charge in [-0.15, -0.1) is 0 Å². The van der Waals surface area contributed by atoms with E-state index in [9.17, 15) is 25.3 Å². The van der Waals surface area contributed by atoms with E-state index in [2.05, 4.69) is 14.7 Å². The number of nitro groups is 2. The van der Waals surface area contributed by atoms with Crippen LogP contribution in [0.2, 0.25) is 0 Å². The second-order valence-corrected chi connectivity index (χ2v) is 2.99.